The Morgan fingerprint density at radius 2 is 2.22 bits per heavy atom. The number of halogens is 2. The molecule has 1 aromatic carbocycles. The van der Waals surface area contributed by atoms with Crippen LogP contribution in [0.1, 0.15) is 30.4 Å². The van der Waals surface area contributed by atoms with Gasteiger partial charge in [0.25, 0.3) is 0 Å². The fourth-order valence-electron chi connectivity index (χ4n) is 2.69. The van der Waals surface area contributed by atoms with Crippen molar-refractivity contribution >= 4 is 17.2 Å². The fourth-order valence-corrected chi connectivity index (χ4v) is 3.47. The van der Waals surface area contributed by atoms with Gasteiger partial charge in [0, 0.05) is 5.92 Å². The topological polar surface area (TPSA) is 49.3 Å². The highest BCUT2D eigenvalue weighted by atomic mass is 32.1. The fraction of sp³-hybridized carbons (Fsp3) is 0.353. The first kappa shape index (κ1) is 16.1. The van der Waals surface area contributed by atoms with E-state index in [4.69, 9.17) is 0 Å². The Labute approximate surface area is 137 Å². The summed E-state index contributed by atoms with van der Waals surface area (Å²) in [7, 11) is 0. The molecule has 1 aliphatic carbocycles. The molecular formula is C17H17F2NO2S. The first-order chi connectivity index (χ1) is 10.9. The van der Waals surface area contributed by atoms with Crippen LogP contribution in [-0.4, -0.2) is 17.6 Å². The van der Waals surface area contributed by atoms with Crippen LogP contribution in [0.4, 0.5) is 8.78 Å². The molecule has 0 aliphatic heterocycles. The summed E-state index contributed by atoms with van der Waals surface area (Å²) in [5, 5.41) is 16.8. The summed E-state index contributed by atoms with van der Waals surface area (Å²) in [5.74, 6) is -1.90. The third-order valence-electron chi connectivity index (χ3n) is 4.23. The van der Waals surface area contributed by atoms with Gasteiger partial charge < -0.3 is 10.4 Å². The van der Waals surface area contributed by atoms with Crippen molar-refractivity contribution in [1.29, 1.82) is 0 Å². The van der Waals surface area contributed by atoms with E-state index < -0.39 is 17.2 Å². The Bertz CT molecular complexity index is 715. The van der Waals surface area contributed by atoms with E-state index in [1.165, 1.54) is 11.3 Å². The van der Waals surface area contributed by atoms with Crippen molar-refractivity contribution in [3.05, 3.63) is 57.8 Å². The molecule has 1 amide bonds. The van der Waals surface area contributed by atoms with Crippen LogP contribution in [0, 0.1) is 17.6 Å². The van der Waals surface area contributed by atoms with Gasteiger partial charge in [0.05, 0.1) is 6.54 Å². The predicted molar refractivity (Wildman–Crippen MR) is 84.1 cm³/mol. The summed E-state index contributed by atoms with van der Waals surface area (Å²) < 4.78 is 26.9. The van der Waals surface area contributed by atoms with Gasteiger partial charge >= 0.3 is 0 Å². The Kier molecular flexibility index (Phi) is 4.21. The van der Waals surface area contributed by atoms with Gasteiger partial charge in [0.1, 0.15) is 17.2 Å². The lowest BCUT2D eigenvalue weighted by Crippen LogP contribution is -2.39. The minimum absolute atomic E-state index is 0.0808. The monoisotopic (exact) mass is 337 g/mol. The lowest BCUT2D eigenvalue weighted by Gasteiger charge is -2.22. The van der Waals surface area contributed by atoms with Crippen LogP contribution in [0.3, 0.4) is 0 Å². The SMILES string of the molecule is CC(O)(CNC(=O)C1CC1c1cc(F)ccc1F)c1ccsc1. The molecule has 0 saturated heterocycles. The minimum atomic E-state index is -1.15. The van der Waals surface area contributed by atoms with Gasteiger partial charge in [-0.1, -0.05) is 0 Å². The van der Waals surface area contributed by atoms with Gasteiger partial charge in [-0.25, -0.2) is 8.78 Å². The van der Waals surface area contributed by atoms with E-state index in [9.17, 15) is 18.7 Å². The Morgan fingerprint density at radius 1 is 1.43 bits per heavy atom. The van der Waals surface area contributed by atoms with Crippen LogP contribution in [0.15, 0.2) is 35.0 Å². The number of nitrogens with one attached hydrogen (secondary N) is 1. The van der Waals surface area contributed by atoms with E-state index in [1.807, 2.05) is 10.8 Å². The first-order valence-electron chi connectivity index (χ1n) is 7.36. The van der Waals surface area contributed by atoms with E-state index in [2.05, 4.69) is 5.32 Å². The summed E-state index contributed by atoms with van der Waals surface area (Å²) in [6.07, 6.45) is 0.493. The highest BCUT2D eigenvalue weighted by Gasteiger charge is 2.45. The molecule has 2 N–H and O–H groups in total. The summed E-state index contributed by atoms with van der Waals surface area (Å²) in [5.41, 5.74) is -0.162. The van der Waals surface area contributed by atoms with Crippen LogP contribution in [-0.2, 0) is 10.4 Å². The molecule has 0 spiro atoms. The van der Waals surface area contributed by atoms with E-state index in [0.717, 1.165) is 23.8 Å². The highest BCUT2D eigenvalue weighted by molar-refractivity contribution is 7.08. The van der Waals surface area contributed by atoms with E-state index in [0.29, 0.717) is 6.42 Å². The molecule has 122 valence electrons. The number of amides is 1. The first-order valence-corrected chi connectivity index (χ1v) is 8.30. The van der Waals surface area contributed by atoms with Crippen LogP contribution in [0.2, 0.25) is 0 Å². The lowest BCUT2D eigenvalue weighted by atomic mass is 9.99. The molecule has 6 heteroatoms. The number of aliphatic hydroxyl groups is 1. The van der Waals surface area contributed by atoms with Crippen molar-refractivity contribution in [1.82, 2.24) is 5.32 Å². The van der Waals surface area contributed by atoms with Gasteiger partial charge in [-0.15, -0.1) is 0 Å². The van der Waals surface area contributed by atoms with Crippen molar-refractivity contribution < 1.29 is 18.7 Å². The lowest BCUT2D eigenvalue weighted by molar-refractivity contribution is -0.123. The molecular weight excluding hydrogens is 320 g/mol. The van der Waals surface area contributed by atoms with Crippen molar-refractivity contribution in [2.75, 3.05) is 6.54 Å². The summed E-state index contributed by atoms with van der Waals surface area (Å²) in [6.45, 7) is 1.71. The molecule has 3 rings (SSSR count). The third kappa shape index (κ3) is 3.43. The largest absolute Gasteiger partial charge is 0.384 e. The van der Waals surface area contributed by atoms with Crippen LogP contribution in [0.25, 0.3) is 0 Å². The normalized spacial score (nSPS) is 22.4. The van der Waals surface area contributed by atoms with Crippen molar-refractivity contribution in [2.24, 2.45) is 5.92 Å². The number of carbonyl (C=O) groups excluding carboxylic acids is 1. The zero-order valence-corrected chi connectivity index (χ0v) is 13.4. The molecule has 1 aromatic heterocycles. The second-order valence-corrected chi connectivity index (χ2v) is 6.90. The smallest absolute Gasteiger partial charge is 0.223 e. The molecule has 3 nitrogen and oxygen atoms in total. The maximum atomic E-state index is 13.7. The number of benzene rings is 1. The van der Waals surface area contributed by atoms with Crippen molar-refractivity contribution in [3.63, 3.8) is 0 Å². The summed E-state index contributed by atoms with van der Waals surface area (Å²) in [4.78, 5) is 12.2. The molecule has 1 fully saturated rings. The zero-order valence-electron chi connectivity index (χ0n) is 12.6. The molecule has 1 saturated carbocycles. The van der Waals surface area contributed by atoms with Gasteiger partial charge in [-0.05, 0) is 65.4 Å². The number of carbonyl (C=O) groups is 1. The summed E-state index contributed by atoms with van der Waals surface area (Å²) >= 11 is 1.47. The standard InChI is InChI=1S/C17H17F2NO2S/c1-17(22,10-4-5-23-8-10)9-20-16(21)14-7-12(14)13-6-11(18)2-3-15(13)19/h2-6,8,12,14,22H,7,9H2,1H3,(H,20,21). The average molecular weight is 337 g/mol. The van der Waals surface area contributed by atoms with E-state index >= 15 is 0 Å². The van der Waals surface area contributed by atoms with E-state index in [-0.39, 0.29) is 29.9 Å². The maximum absolute atomic E-state index is 13.7. The molecule has 0 radical (unpaired) electrons. The van der Waals surface area contributed by atoms with Gasteiger partial charge in [0.2, 0.25) is 5.91 Å². The number of hydrogen-bond donors (Lipinski definition) is 2. The quantitative estimate of drug-likeness (QED) is 0.880. The summed E-state index contributed by atoms with van der Waals surface area (Å²) in [6, 6.07) is 5.10. The highest BCUT2D eigenvalue weighted by Crippen LogP contribution is 2.48. The Balaban J connectivity index is 1.60. The van der Waals surface area contributed by atoms with Crippen LogP contribution in [0.5, 0.6) is 0 Å². The second kappa shape index (κ2) is 6.02. The minimum Gasteiger partial charge on any atom is -0.384 e. The van der Waals surface area contributed by atoms with Crippen molar-refractivity contribution in [3.8, 4) is 0 Å². The van der Waals surface area contributed by atoms with Gasteiger partial charge in [0.15, 0.2) is 0 Å². The zero-order chi connectivity index (χ0) is 16.6. The maximum Gasteiger partial charge on any atom is 0.223 e. The predicted octanol–water partition coefficient (Wildman–Crippen LogP) is 3.15. The number of hydrogen-bond acceptors (Lipinski definition) is 3. The average Bonchev–Trinajstić information content (AvgIpc) is 3.09. The van der Waals surface area contributed by atoms with Gasteiger partial charge in [-0.2, -0.15) is 11.3 Å². The van der Waals surface area contributed by atoms with Crippen LogP contribution < -0.4 is 5.32 Å². The Hall–Kier alpha value is -1.79. The van der Waals surface area contributed by atoms with Gasteiger partial charge in [-0.3, -0.25) is 4.79 Å². The van der Waals surface area contributed by atoms with E-state index in [1.54, 1.807) is 13.0 Å². The molecule has 23 heavy (non-hydrogen) atoms. The molecule has 3 atom stereocenters. The number of thiophene rings is 1. The molecule has 3 unspecified atom stereocenters. The number of rotatable bonds is 5. The Morgan fingerprint density at radius 3 is 2.91 bits per heavy atom. The molecule has 2 aromatic rings. The molecule has 0 bridgehead atoms. The third-order valence-corrected chi connectivity index (χ3v) is 4.92. The molecule has 1 aliphatic rings. The van der Waals surface area contributed by atoms with Crippen molar-refractivity contribution in [2.45, 2.75) is 24.9 Å². The van der Waals surface area contributed by atoms with Crippen LogP contribution >= 0.6 is 11.3 Å². The molecule has 1 heterocycles. The second-order valence-electron chi connectivity index (χ2n) is 6.12.